The smallest absolute Gasteiger partial charge is 0.253 e. The highest BCUT2D eigenvalue weighted by Gasteiger charge is 2.43. The van der Waals surface area contributed by atoms with Crippen LogP contribution in [0.2, 0.25) is 0 Å². The Hall–Kier alpha value is -4.03. The number of nitrogens with zero attached hydrogens (tertiary/aromatic N) is 5. The Morgan fingerprint density at radius 2 is 2.00 bits per heavy atom. The molecule has 2 amide bonds. The Labute approximate surface area is 281 Å². The van der Waals surface area contributed by atoms with Crippen molar-refractivity contribution in [3.63, 3.8) is 0 Å². The second-order valence-electron chi connectivity index (χ2n) is 13.6. The number of hydrogen-bond donors (Lipinski definition) is 2. The van der Waals surface area contributed by atoms with Gasteiger partial charge in [0, 0.05) is 51.6 Å². The molecule has 4 rings (SSSR count). The maximum absolute atomic E-state index is 13.3. The number of likely N-dealkylation sites (N-methyl/N-ethyl adjacent to an activating group) is 1. The molecule has 0 radical (unpaired) electrons. The third kappa shape index (κ3) is 8.66. The molecule has 1 fully saturated rings. The number of H-pyrrole nitrogens is 1. The Morgan fingerprint density at radius 1 is 1.21 bits per heavy atom. The molecule has 9 nitrogen and oxygen atoms in total. The van der Waals surface area contributed by atoms with Crippen molar-refractivity contribution in [1.82, 2.24) is 30.3 Å². The lowest BCUT2D eigenvalue weighted by atomic mass is 9.69. The van der Waals surface area contributed by atoms with Crippen LogP contribution in [0.15, 0.2) is 53.6 Å². The number of carbonyl (C=O) groups excluding carboxylic acids is 2. The first-order chi connectivity index (χ1) is 22.5. The molecule has 0 bridgehead atoms. The standard InChI is InChI=1S/C38H53N7O2/c1-8-10-11-13-28-19-20-38(37-41-34(9-2)42-43-37,24-27(4)40-25-35(46)45(7)33-23-30(33)14-12-21-39)32-18-17-31(36(47)44(5)6)22-29(32)16-15-26(28)3/h8,10-11,13,17-18,22,27,30,33,40H,9,12,14-16,19-20,23-25H2,1-7H3,(H,41,42,43)/b10-8-,13-11-,28-26-/t27-,30?,33?,38?/m1/s1. The zero-order valence-corrected chi connectivity index (χ0v) is 29.4. The van der Waals surface area contributed by atoms with Crippen LogP contribution in [0.25, 0.3) is 0 Å². The van der Waals surface area contributed by atoms with E-state index in [1.54, 1.807) is 19.0 Å². The molecule has 1 heterocycles. The Morgan fingerprint density at radius 3 is 2.68 bits per heavy atom. The summed E-state index contributed by atoms with van der Waals surface area (Å²) < 4.78 is 0. The van der Waals surface area contributed by atoms with Crippen molar-refractivity contribution in [3.8, 4) is 6.07 Å². The Bertz CT molecular complexity index is 1540. The van der Waals surface area contributed by atoms with Crippen molar-refractivity contribution in [3.05, 3.63) is 82.0 Å². The van der Waals surface area contributed by atoms with Crippen LogP contribution >= 0.6 is 0 Å². The number of aromatic amines is 1. The number of amides is 2. The van der Waals surface area contributed by atoms with Crippen LogP contribution in [-0.4, -0.2) is 76.6 Å². The van der Waals surface area contributed by atoms with Crippen molar-refractivity contribution in [2.24, 2.45) is 5.92 Å². The molecule has 2 aliphatic carbocycles. The van der Waals surface area contributed by atoms with Crippen LogP contribution in [0.1, 0.15) is 106 Å². The third-order valence-corrected chi connectivity index (χ3v) is 9.97. The van der Waals surface area contributed by atoms with Crippen molar-refractivity contribution < 1.29 is 9.59 Å². The molecular formula is C38H53N7O2. The number of carbonyl (C=O) groups is 2. The van der Waals surface area contributed by atoms with E-state index in [0.717, 1.165) is 67.7 Å². The number of aromatic nitrogens is 3. The van der Waals surface area contributed by atoms with Gasteiger partial charge in [0.25, 0.3) is 5.91 Å². The highest BCUT2D eigenvalue weighted by atomic mass is 16.2. The minimum atomic E-state index is -0.566. The van der Waals surface area contributed by atoms with E-state index in [4.69, 9.17) is 15.3 Å². The van der Waals surface area contributed by atoms with E-state index in [2.05, 4.69) is 67.6 Å². The number of hydrogen-bond acceptors (Lipinski definition) is 6. The largest absolute Gasteiger partial charge is 0.345 e. The summed E-state index contributed by atoms with van der Waals surface area (Å²) >= 11 is 0. The summed E-state index contributed by atoms with van der Waals surface area (Å²) in [6, 6.07) is 8.56. The van der Waals surface area contributed by atoms with Crippen LogP contribution in [0, 0.1) is 17.2 Å². The van der Waals surface area contributed by atoms with Gasteiger partial charge in [-0.1, -0.05) is 42.9 Å². The third-order valence-electron chi connectivity index (χ3n) is 9.97. The molecule has 2 aliphatic rings. The van der Waals surface area contributed by atoms with Crippen LogP contribution in [0.4, 0.5) is 0 Å². The van der Waals surface area contributed by atoms with Crippen LogP contribution < -0.4 is 5.32 Å². The van der Waals surface area contributed by atoms with E-state index in [1.807, 2.05) is 31.0 Å². The molecule has 252 valence electrons. The number of fused-ring (bicyclic) bond motifs is 1. The predicted octanol–water partition coefficient (Wildman–Crippen LogP) is 6.05. The van der Waals surface area contributed by atoms with E-state index < -0.39 is 5.41 Å². The highest BCUT2D eigenvalue weighted by Crippen LogP contribution is 2.44. The molecule has 0 aliphatic heterocycles. The zero-order chi connectivity index (χ0) is 34.1. The van der Waals surface area contributed by atoms with Crippen molar-refractivity contribution >= 4 is 11.8 Å². The summed E-state index contributed by atoms with van der Waals surface area (Å²) in [5.41, 5.74) is 5.05. The molecule has 9 heteroatoms. The normalized spacial score (nSPS) is 23.4. The lowest BCUT2D eigenvalue weighted by molar-refractivity contribution is -0.129. The van der Waals surface area contributed by atoms with Gasteiger partial charge < -0.3 is 15.1 Å². The number of allylic oxidation sites excluding steroid dienone is 6. The molecule has 2 N–H and O–H groups in total. The average Bonchev–Trinajstić information content (AvgIpc) is 3.67. The van der Waals surface area contributed by atoms with Crippen LogP contribution in [0.3, 0.4) is 0 Å². The van der Waals surface area contributed by atoms with Gasteiger partial charge in [0.1, 0.15) is 5.82 Å². The van der Waals surface area contributed by atoms with Gasteiger partial charge in [-0.15, -0.1) is 0 Å². The Balaban J connectivity index is 1.72. The van der Waals surface area contributed by atoms with Gasteiger partial charge in [0.15, 0.2) is 5.82 Å². The SMILES string of the molecule is C\C=C/C=C\C1=C(/C)CCc2cc(C(=O)N(C)C)ccc2C(C[C@@H](C)NCC(=O)N(C)C2CC2CCC#N)(c2n[nH]c(CC)n2)CC1. The Kier molecular flexibility index (Phi) is 12.3. The van der Waals surface area contributed by atoms with Crippen molar-refractivity contribution in [1.29, 1.82) is 5.26 Å². The minimum absolute atomic E-state index is 0.0186. The molecule has 0 saturated heterocycles. The van der Waals surface area contributed by atoms with Gasteiger partial charge >= 0.3 is 0 Å². The molecule has 2 aromatic rings. The van der Waals surface area contributed by atoms with Gasteiger partial charge in [0.2, 0.25) is 5.91 Å². The van der Waals surface area contributed by atoms with Gasteiger partial charge in [-0.25, -0.2) is 4.98 Å². The summed E-state index contributed by atoms with van der Waals surface area (Å²) in [5.74, 6) is 2.07. The first kappa shape index (κ1) is 35.8. The summed E-state index contributed by atoms with van der Waals surface area (Å²) in [4.78, 5) is 34.9. The van der Waals surface area contributed by atoms with Crippen LogP contribution in [-0.2, 0) is 23.1 Å². The number of rotatable bonds is 13. The fraction of sp³-hybridized carbons (Fsp3) is 0.553. The summed E-state index contributed by atoms with van der Waals surface area (Å²) in [6.45, 7) is 8.69. The second kappa shape index (κ2) is 16.2. The summed E-state index contributed by atoms with van der Waals surface area (Å²) in [6.07, 6.45) is 15.5. The van der Waals surface area contributed by atoms with E-state index in [1.165, 1.54) is 11.1 Å². The fourth-order valence-electron chi connectivity index (χ4n) is 6.98. The first-order valence-electron chi connectivity index (χ1n) is 17.1. The predicted molar refractivity (Wildman–Crippen MR) is 187 cm³/mol. The maximum Gasteiger partial charge on any atom is 0.253 e. The summed E-state index contributed by atoms with van der Waals surface area (Å²) in [5, 5.41) is 20.5. The number of nitrogens with one attached hydrogen (secondary N) is 2. The van der Waals surface area contributed by atoms with E-state index in [9.17, 15) is 9.59 Å². The van der Waals surface area contributed by atoms with Gasteiger partial charge in [-0.05, 0) is 100 Å². The maximum atomic E-state index is 13.3. The molecule has 1 aromatic carbocycles. The molecule has 1 aromatic heterocycles. The van der Waals surface area contributed by atoms with E-state index in [-0.39, 0.29) is 30.4 Å². The number of nitriles is 1. The van der Waals surface area contributed by atoms with E-state index in [0.29, 0.717) is 24.3 Å². The lowest BCUT2D eigenvalue weighted by Crippen LogP contribution is -2.44. The molecule has 3 unspecified atom stereocenters. The zero-order valence-electron chi connectivity index (χ0n) is 29.4. The number of aryl methyl sites for hydroxylation is 2. The van der Waals surface area contributed by atoms with Crippen molar-refractivity contribution in [2.45, 2.75) is 103 Å². The molecule has 0 spiro atoms. The van der Waals surface area contributed by atoms with Crippen LogP contribution in [0.5, 0.6) is 0 Å². The van der Waals surface area contributed by atoms with Gasteiger partial charge in [-0.3, -0.25) is 14.7 Å². The highest BCUT2D eigenvalue weighted by molar-refractivity contribution is 5.94. The molecule has 47 heavy (non-hydrogen) atoms. The average molecular weight is 640 g/mol. The summed E-state index contributed by atoms with van der Waals surface area (Å²) in [7, 11) is 5.45. The van der Waals surface area contributed by atoms with E-state index >= 15 is 0 Å². The van der Waals surface area contributed by atoms with Gasteiger partial charge in [0.05, 0.1) is 18.0 Å². The molecule has 4 atom stereocenters. The monoisotopic (exact) mass is 639 g/mol. The minimum Gasteiger partial charge on any atom is -0.345 e. The molecular weight excluding hydrogens is 586 g/mol. The lowest BCUT2D eigenvalue weighted by Gasteiger charge is -2.36. The second-order valence-corrected chi connectivity index (χ2v) is 13.6. The van der Waals surface area contributed by atoms with Gasteiger partial charge in [-0.2, -0.15) is 10.4 Å². The van der Waals surface area contributed by atoms with Crippen molar-refractivity contribution in [2.75, 3.05) is 27.7 Å². The molecule has 1 saturated carbocycles. The first-order valence-corrected chi connectivity index (χ1v) is 17.1. The topological polar surface area (TPSA) is 118 Å². The fourth-order valence-corrected chi connectivity index (χ4v) is 6.98. The quantitative estimate of drug-likeness (QED) is 0.258. The number of benzene rings is 1.